The topological polar surface area (TPSA) is 69.7 Å². The number of carbonyl (C=O) groups is 1. The summed E-state index contributed by atoms with van der Waals surface area (Å²) in [6.45, 7) is 2.25. The number of thiazole rings is 1. The highest BCUT2D eigenvalue weighted by atomic mass is 32.1. The molecule has 1 heterocycles. The zero-order valence-corrected chi connectivity index (χ0v) is 15.7. The van der Waals surface area contributed by atoms with Gasteiger partial charge in [-0.25, -0.2) is 4.98 Å². The highest BCUT2D eigenvalue weighted by Gasteiger charge is 2.23. The first kappa shape index (κ1) is 17.5. The number of nitrogens with one attached hydrogen (secondary N) is 1. The van der Waals surface area contributed by atoms with E-state index >= 15 is 0 Å². The smallest absolute Gasteiger partial charge is 0.261 e. The molecule has 25 heavy (non-hydrogen) atoms. The highest BCUT2D eigenvalue weighted by molar-refractivity contribution is 7.15. The van der Waals surface area contributed by atoms with Crippen LogP contribution in [0.1, 0.15) is 34.3 Å². The largest absolute Gasteiger partial charge is 0.493 e. The van der Waals surface area contributed by atoms with Crippen LogP contribution < -0.4 is 19.5 Å². The van der Waals surface area contributed by atoms with Crippen LogP contribution in [0.15, 0.2) is 12.1 Å². The van der Waals surface area contributed by atoms with E-state index in [9.17, 15) is 4.79 Å². The Balaban J connectivity index is 1.87. The quantitative estimate of drug-likeness (QED) is 0.881. The molecule has 0 unspecified atom stereocenters. The lowest BCUT2D eigenvalue weighted by Crippen LogP contribution is -2.14. The van der Waals surface area contributed by atoms with Gasteiger partial charge >= 0.3 is 0 Å². The summed E-state index contributed by atoms with van der Waals surface area (Å²) < 4.78 is 16.0. The lowest BCUT2D eigenvalue weighted by atomic mass is 9.93. The van der Waals surface area contributed by atoms with Crippen molar-refractivity contribution in [3.05, 3.63) is 28.3 Å². The molecule has 1 amide bonds. The summed E-state index contributed by atoms with van der Waals surface area (Å²) in [5, 5.41) is 3.51. The molecular formula is C18H22N2O4S. The minimum absolute atomic E-state index is 0.281. The van der Waals surface area contributed by atoms with Crippen LogP contribution in [0, 0.1) is 5.92 Å². The lowest BCUT2D eigenvalue weighted by molar-refractivity contribution is 0.102. The van der Waals surface area contributed by atoms with Crippen LogP contribution in [0.4, 0.5) is 5.13 Å². The zero-order valence-electron chi connectivity index (χ0n) is 14.8. The van der Waals surface area contributed by atoms with Gasteiger partial charge in [-0.2, -0.15) is 0 Å². The molecule has 1 aliphatic carbocycles. The van der Waals surface area contributed by atoms with Crippen LogP contribution in [-0.2, 0) is 12.8 Å². The molecule has 3 rings (SSSR count). The summed E-state index contributed by atoms with van der Waals surface area (Å²) >= 11 is 1.55. The van der Waals surface area contributed by atoms with Crippen LogP contribution in [0.3, 0.4) is 0 Å². The van der Waals surface area contributed by atoms with E-state index in [1.165, 1.54) is 26.2 Å². The summed E-state index contributed by atoms with van der Waals surface area (Å²) in [5.41, 5.74) is 1.49. The first-order valence-corrected chi connectivity index (χ1v) is 8.97. The molecule has 0 saturated carbocycles. The molecule has 0 spiro atoms. The molecule has 134 valence electrons. The molecular weight excluding hydrogens is 340 g/mol. The molecule has 2 aromatic rings. The Bertz CT molecular complexity index is 788. The minimum Gasteiger partial charge on any atom is -0.493 e. The number of amides is 1. The SMILES string of the molecule is COc1ccc(C(=O)Nc2nc3c(s2)C[C@@H](C)CC3)c(OC)c1OC. The number of rotatable bonds is 5. The third-order valence-corrected chi connectivity index (χ3v) is 5.39. The maximum atomic E-state index is 12.7. The molecule has 1 N–H and O–H groups in total. The monoisotopic (exact) mass is 362 g/mol. The van der Waals surface area contributed by atoms with Crippen LogP contribution >= 0.6 is 11.3 Å². The summed E-state index contributed by atoms with van der Waals surface area (Å²) in [6.07, 6.45) is 3.15. The van der Waals surface area contributed by atoms with E-state index in [1.807, 2.05) is 0 Å². The van der Waals surface area contributed by atoms with Crippen molar-refractivity contribution in [1.82, 2.24) is 4.98 Å². The van der Waals surface area contributed by atoms with Gasteiger partial charge in [0.15, 0.2) is 16.6 Å². The van der Waals surface area contributed by atoms with E-state index in [2.05, 4.69) is 17.2 Å². The van der Waals surface area contributed by atoms with Gasteiger partial charge in [-0.3, -0.25) is 10.1 Å². The summed E-state index contributed by atoms with van der Waals surface area (Å²) in [4.78, 5) is 18.6. The second-order valence-electron chi connectivity index (χ2n) is 6.07. The predicted molar refractivity (Wildman–Crippen MR) is 97.4 cm³/mol. The van der Waals surface area contributed by atoms with Gasteiger partial charge in [0.1, 0.15) is 0 Å². The number of methoxy groups -OCH3 is 3. The Kier molecular flexibility index (Phi) is 5.13. The van der Waals surface area contributed by atoms with Gasteiger partial charge in [0.05, 0.1) is 32.6 Å². The van der Waals surface area contributed by atoms with Crippen molar-refractivity contribution < 1.29 is 19.0 Å². The second kappa shape index (κ2) is 7.31. The number of aryl methyl sites for hydroxylation is 1. The average Bonchev–Trinajstić information content (AvgIpc) is 3.01. The first-order valence-electron chi connectivity index (χ1n) is 8.16. The van der Waals surface area contributed by atoms with Gasteiger partial charge in [0.25, 0.3) is 5.91 Å². The molecule has 0 bridgehead atoms. The van der Waals surface area contributed by atoms with E-state index in [0.717, 1.165) is 25.0 Å². The molecule has 1 aliphatic rings. The maximum absolute atomic E-state index is 12.7. The van der Waals surface area contributed by atoms with Crippen molar-refractivity contribution in [2.75, 3.05) is 26.6 Å². The third kappa shape index (κ3) is 3.42. The number of fused-ring (bicyclic) bond motifs is 1. The third-order valence-electron chi connectivity index (χ3n) is 4.36. The number of carbonyl (C=O) groups excluding carboxylic acids is 1. The summed E-state index contributed by atoms with van der Waals surface area (Å²) in [6, 6.07) is 3.34. The Hall–Kier alpha value is -2.28. The van der Waals surface area contributed by atoms with E-state index in [0.29, 0.717) is 33.9 Å². The van der Waals surface area contributed by atoms with E-state index in [1.54, 1.807) is 23.5 Å². The highest BCUT2D eigenvalue weighted by Crippen LogP contribution is 2.40. The average molecular weight is 362 g/mol. The molecule has 1 aromatic carbocycles. The normalized spacial score (nSPS) is 16.1. The van der Waals surface area contributed by atoms with Crippen molar-refractivity contribution in [2.45, 2.75) is 26.2 Å². The number of ether oxygens (including phenoxy) is 3. The van der Waals surface area contributed by atoms with Gasteiger partial charge in [0.2, 0.25) is 5.75 Å². The first-order chi connectivity index (χ1) is 12.1. The Morgan fingerprint density at radius 1 is 1.20 bits per heavy atom. The number of hydrogen-bond acceptors (Lipinski definition) is 6. The molecule has 6 nitrogen and oxygen atoms in total. The van der Waals surface area contributed by atoms with Crippen LogP contribution in [0.2, 0.25) is 0 Å². The molecule has 0 saturated heterocycles. The summed E-state index contributed by atoms with van der Waals surface area (Å²) in [5.74, 6) is 1.63. The number of nitrogens with zero attached hydrogens (tertiary/aromatic N) is 1. The summed E-state index contributed by atoms with van der Waals surface area (Å²) in [7, 11) is 4.55. The number of anilines is 1. The Morgan fingerprint density at radius 3 is 2.64 bits per heavy atom. The number of benzene rings is 1. The standard InChI is InChI=1S/C18H22N2O4S/c1-10-5-7-12-14(9-10)25-18(19-12)20-17(21)11-6-8-13(22-2)16(24-4)15(11)23-3/h6,8,10H,5,7,9H2,1-4H3,(H,19,20,21)/t10-/m0/s1. The molecule has 0 aliphatic heterocycles. The van der Waals surface area contributed by atoms with Crippen molar-refractivity contribution in [3.8, 4) is 17.2 Å². The van der Waals surface area contributed by atoms with Gasteiger partial charge in [0, 0.05) is 4.88 Å². The van der Waals surface area contributed by atoms with Crippen LogP contribution in [0.25, 0.3) is 0 Å². The van der Waals surface area contributed by atoms with Crippen molar-refractivity contribution in [3.63, 3.8) is 0 Å². The van der Waals surface area contributed by atoms with E-state index in [4.69, 9.17) is 14.2 Å². The second-order valence-corrected chi connectivity index (χ2v) is 7.16. The van der Waals surface area contributed by atoms with Crippen molar-refractivity contribution in [1.29, 1.82) is 0 Å². The zero-order chi connectivity index (χ0) is 18.0. The number of hydrogen-bond donors (Lipinski definition) is 1. The van der Waals surface area contributed by atoms with Gasteiger partial charge in [-0.15, -0.1) is 11.3 Å². The van der Waals surface area contributed by atoms with Crippen molar-refractivity contribution >= 4 is 22.4 Å². The fraction of sp³-hybridized carbons (Fsp3) is 0.444. The van der Waals surface area contributed by atoms with E-state index in [-0.39, 0.29) is 5.91 Å². The van der Waals surface area contributed by atoms with Gasteiger partial charge < -0.3 is 14.2 Å². The number of aromatic nitrogens is 1. The lowest BCUT2D eigenvalue weighted by Gasteiger charge is -2.15. The Labute approximate surface area is 151 Å². The van der Waals surface area contributed by atoms with Crippen molar-refractivity contribution in [2.24, 2.45) is 5.92 Å². The maximum Gasteiger partial charge on any atom is 0.261 e. The molecule has 0 radical (unpaired) electrons. The van der Waals surface area contributed by atoms with Gasteiger partial charge in [-0.1, -0.05) is 6.92 Å². The van der Waals surface area contributed by atoms with E-state index < -0.39 is 0 Å². The Morgan fingerprint density at radius 2 is 1.96 bits per heavy atom. The fourth-order valence-electron chi connectivity index (χ4n) is 3.04. The van der Waals surface area contributed by atoms with Crippen LogP contribution in [0.5, 0.6) is 17.2 Å². The fourth-order valence-corrected chi connectivity index (χ4v) is 4.20. The minimum atomic E-state index is -0.281. The molecule has 1 aromatic heterocycles. The molecule has 0 fully saturated rings. The van der Waals surface area contributed by atoms with Crippen LogP contribution in [-0.4, -0.2) is 32.2 Å². The van der Waals surface area contributed by atoms with Gasteiger partial charge in [-0.05, 0) is 37.3 Å². The predicted octanol–water partition coefficient (Wildman–Crippen LogP) is 3.55. The molecule has 1 atom stereocenters. The molecule has 7 heteroatoms.